The lowest BCUT2D eigenvalue weighted by molar-refractivity contribution is 0.0355. The van der Waals surface area contributed by atoms with Crippen molar-refractivity contribution in [2.75, 3.05) is 39.4 Å². The van der Waals surface area contributed by atoms with E-state index in [0.29, 0.717) is 18.8 Å². The van der Waals surface area contributed by atoms with Crippen LogP contribution in [-0.4, -0.2) is 74.8 Å². The van der Waals surface area contributed by atoms with Gasteiger partial charge in [0.25, 0.3) is 5.91 Å². The summed E-state index contributed by atoms with van der Waals surface area (Å²) >= 11 is 1.47. The molecule has 0 unspecified atom stereocenters. The van der Waals surface area contributed by atoms with Gasteiger partial charge in [0.15, 0.2) is 0 Å². The number of ether oxygens (including phenoxy) is 1. The summed E-state index contributed by atoms with van der Waals surface area (Å²) in [5.74, 6) is -0.0415. The largest absolute Gasteiger partial charge is 0.379 e. The van der Waals surface area contributed by atoms with Crippen molar-refractivity contribution >= 4 is 17.2 Å². The quantitative estimate of drug-likeness (QED) is 0.550. The average molecular weight is 427 g/mol. The van der Waals surface area contributed by atoms with Crippen molar-refractivity contribution in [3.63, 3.8) is 0 Å². The molecule has 0 bridgehead atoms. The van der Waals surface area contributed by atoms with Crippen LogP contribution >= 0.6 is 11.3 Å². The highest BCUT2D eigenvalue weighted by Gasteiger charge is 2.20. The second kappa shape index (κ2) is 9.92. The molecule has 1 saturated heterocycles. The van der Waals surface area contributed by atoms with Crippen LogP contribution in [0, 0.1) is 0 Å². The van der Waals surface area contributed by atoms with Gasteiger partial charge in [-0.2, -0.15) is 5.10 Å². The molecule has 1 aliphatic rings. The van der Waals surface area contributed by atoms with Crippen LogP contribution in [0.4, 0.5) is 0 Å². The Morgan fingerprint density at radius 3 is 2.80 bits per heavy atom. The summed E-state index contributed by atoms with van der Waals surface area (Å²) < 4.78 is 7.15. The molecule has 1 amide bonds. The Morgan fingerprint density at radius 2 is 2.07 bits per heavy atom. The second-order valence-electron chi connectivity index (χ2n) is 7.33. The van der Waals surface area contributed by atoms with E-state index < -0.39 is 0 Å². The third kappa shape index (κ3) is 5.29. The maximum absolute atomic E-state index is 13.3. The first-order valence-electron chi connectivity index (χ1n) is 10.1. The molecule has 0 atom stereocenters. The number of aromatic nitrogens is 4. The maximum atomic E-state index is 13.3. The Balaban J connectivity index is 1.44. The van der Waals surface area contributed by atoms with E-state index in [4.69, 9.17) is 4.74 Å². The normalized spacial score (nSPS) is 14.7. The van der Waals surface area contributed by atoms with Crippen LogP contribution < -0.4 is 0 Å². The molecule has 3 aromatic heterocycles. The molecule has 4 heterocycles. The number of carbonyl (C=O) groups excluding carboxylic acids is 1. The van der Waals surface area contributed by atoms with Crippen molar-refractivity contribution in [1.82, 2.24) is 29.5 Å². The molecule has 158 valence electrons. The summed E-state index contributed by atoms with van der Waals surface area (Å²) in [4.78, 5) is 26.2. The smallest absolute Gasteiger partial charge is 0.273 e. The predicted molar refractivity (Wildman–Crippen MR) is 115 cm³/mol. The molecule has 4 rings (SSSR count). The van der Waals surface area contributed by atoms with Crippen LogP contribution in [0.5, 0.6) is 0 Å². The summed E-state index contributed by atoms with van der Waals surface area (Å²) in [7, 11) is 1.87. The lowest BCUT2D eigenvalue weighted by atomic mass is 10.2. The number of hydrogen-bond donors (Lipinski definition) is 0. The molecule has 1 fully saturated rings. The molecule has 30 heavy (non-hydrogen) atoms. The van der Waals surface area contributed by atoms with Crippen LogP contribution in [-0.2, 0) is 18.3 Å². The molecule has 0 N–H and O–H groups in total. The molecule has 9 heteroatoms. The molecule has 1 aliphatic heterocycles. The van der Waals surface area contributed by atoms with E-state index in [1.54, 1.807) is 23.3 Å². The van der Waals surface area contributed by atoms with Gasteiger partial charge in [-0.05, 0) is 24.1 Å². The number of amides is 1. The van der Waals surface area contributed by atoms with E-state index in [0.717, 1.165) is 55.4 Å². The fraction of sp³-hybridized carbons (Fsp3) is 0.429. The zero-order valence-corrected chi connectivity index (χ0v) is 17.9. The molecular formula is C21H26N6O2S. The molecule has 0 radical (unpaired) electrons. The van der Waals surface area contributed by atoms with E-state index in [1.807, 2.05) is 35.7 Å². The first-order chi connectivity index (χ1) is 14.7. The minimum atomic E-state index is -0.0415. The number of nitrogens with zero attached hydrogens (tertiary/aromatic N) is 6. The maximum Gasteiger partial charge on any atom is 0.273 e. The average Bonchev–Trinajstić information content (AvgIpc) is 3.43. The van der Waals surface area contributed by atoms with Crippen molar-refractivity contribution in [3.8, 4) is 10.6 Å². The first kappa shape index (κ1) is 20.6. The number of hydrogen-bond acceptors (Lipinski definition) is 7. The summed E-state index contributed by atoms with van der Waals surface area (Å²) in [6.07, 6.45) is 8.11. The second-order valence-corrected chi connectivity index (χ2v) is 8.19. The molecule has 0 spiro atoms. The topological polar surface area (TPSA) is 76.4 Å². The molecule has 0 aliphatic carbocycles. The monoisotopic (exact) mass is 426 g/mol. The SMILES string of the molecule is Cn1cc(-c2nc(C(=O)N(CCCN3CCOCC3)Cc3ccncc3)cs2)cn1. The van der Waals surface area contributed by atoms with Crippen LogP contribution in [0.2, 0.25) is 0 Å². The Bertz CT molecular complexity index is 951. The molecular weight excluding hydrogens is 400 g/mol. The Morgan fingerprint density at radius 1 is 1.27 bits per heavy atom. The minimum Gasteiger partial charge on any atom is -0.379 e. The van der Waals surface area contributed by atoms with Gasteiger partial charge in [-0.25, -0.2) is 4.98 Å². The predicted octanol–water partition coefficient (Wildman–Crippen LogP) is 2.30. The van der Waals surface area contributed by atoms with Gasteiger partial charge in [-0.15, -0.1) is 11.3 Å². The number of aryl methyl sites for hydroxylation is 1. The van der Waals surface area contributed by atoms with Crippen molar-refractivity contribution in [1.29, 1.82) is 0 Å². The third-order valence-electron chi connectivity index (χ3n) is 5.09. The van der Waals surface area contributed by atoms with Crippen molar-refractivity contribution in [2.45, 2.75) is 13.0 Å². The Hall–Kier alpha value is -2.62. The van der Waals surface area contributed by atoms with Crippen LogP contribution in [0.3, 0.4) is 0 Å². The molecule has 0 saturated carbocycles. The van der Waals surface area contributed by atoms with Crippen LogP contribution in [0.1, 0.15) is 22.5 Å². The van der Waals surface area contributed by atoms with Gasteiger partial charge in [-0.3, -0.25) is 19.4 Å². The van der Waals surface area contributed by atoms with Gasteiger partial charge in [0.05, 0.1) is 19.4 Å². The molecule has 0 aromatic carbocycles. The number of carbonyl (C=O) groups is 1. The summed E-state index contributed by atoms with van der Waals surface area (Å²) in [6, 6.07) is 3.90. The standard InChI is InChI=1S/C21H26N6O2S/c1-25-15-18(13-23-25)20-24-19(16-30-20)21(28)27(14-17-3-5-22-6-4-17)8-2-7-26-9-11-29-12-10-26/h3-6,13,15-16H,2,7-12,14H2,1H3. The van der Waals surface area contributed by atoms with Gasteiger partial charge >= 0.3 is 0 Å². The van der Waals surface area contributed by atoms with Gasteiger partial charge in [0.1, 0.15) is 10.7 Å². The van der Waals surface area contributed by atoms with E-state index in [1.165, 1.54) is 11.3 Å². The fourth-order valence-electron chi connectivity index (χ4n) is 3.47. The zero-order valence-electron chi connectivity index (χ0n) is 17.1. The third-order valence-corrected chi connectivity index (χ3v) is 5.98. The van der Waals surface area contributed by atoms with Crippen molar-refractivity contribution < 1.29 is 9.53 Å². The minimum absolute atomic E-state index is 0.0415. The zero-order chi connectivity index (χ0) is 20.8. The van der Waals surface area contributed by atoms with E-state index in [2.05, 4.69) is 20.0 Å². The Kier molecular flexibility index (Phi) is 6.83. The number of pyridine rings is 1. The van der Waals surface area contributed by atoms with Gasteiger partial charge in [0.2, 0.25) is 0 Å². The first-order valence-corrected chi connectivity index (χ1v) is 11.0. The molecule has 3 aromatic rings. The lowest BCUT2D eigenvalue weighted by Crippen LogP contribution is -2.39. The van der Waals surface area contributed by atoms with Crippen molar-refractivity contribution in [3.05, 3.63) is 53.6 Å². The van der Waals surface area contributed by atoms with Gasteiger partial charge in [0, 0.05) is 69.3 Å². The van der Waals surface area contributed by atoms with Crippen molar-refractivity contribution in [2.24, 2.45) is 7.05 Å². The summed E-state index contributed by atoms with van der Waals surface area (Å²) in [6.45, 7) is 5.67. The van der Waals surface area contributed by atoms with Crippen LogP contribution in [0.15, 0.2) is 42.3 Å². The summed E-state index contributed by atoms with van der Waals surface area (Å²) in [5.41, 5.74) is 2.47. The molecule has 8 nitrogen and oxygen atoms in total. The van der Waals surface area contributed by atoms with E-state index >= 15 is 0 Å². The van der Waals surface area contributed by atoms with E-state index in [-0.39, 0.29) is 5.91 Å². The Labute approximate surface area is 180 Å². The highest BCUT2D eigenvalue weighted by atomic mass is 32.1. The fourth-order valence-corrected chi connectivity index (χ4v) is 4.24. The lowest BCUT2D eigenvalue weighted by Gasteiger charge is -2.28. The highest BCUT2D eigenvalue weighted by Crippen LogP contribution is 2.24. The summed E-state index contributed by atoms with van der Waals surface area (Å²) in [5, 5.41) is 6.84. The van der Waals surface area contributed by atoms with Gasteiger partial charge < -0.3 is 9.64 Å². The number of morpholine rings is 1. The number of thiazole rings is 1. The number of rotatable bonds is 8. The van der Waals surface area contributed by atoms with Crippen LogP contribution in [0.25, 0.3) is 10.6 Å². The highest BCUT2D eigenvalue weighted by molar-refractivity contribution is 7.13. The van der Waals surface area contributed by atoms with Gasteiger partial charge in [-0.1, -0.05) is 0 Å². The van der Waals surface area contributed by atoms with E-state index in [9.17, 15) is 4.79 Å².